The first kappa shape index (κ1) is 25.9. The number of carbonyl (C=O) groups excluding carboxylic acids is 2. The van der Waals surface area contributed by atoms with E-state index in [1.165, 1.54) is 0 Å². The second-order valence-electron chi connectivity index (χ2n) is 9.71. The Labute approximate surface area is 204 Å². The molecule has 0 bridgehead atoms. The highest BCUT2D eigenvalue weighted by Crippen LogP contribution is 2.23. The minimum atomic E-state index is -0.0922. The molecule has 1 heterocycles. The first-order valence-corrected chi connectivity index (χ1v) is 12.4. The molecule has 1 unspecified atom stereocenters. The van der Waals surface area contributed by atoms with E-state index < -0.39 is 0 Å². The lowest BCUT2D eigenvalue weighted by atomic mass is 10.0. The summed E-state index contributed by atoms with van der Waals surface area (Å²) >= 11 is 0. The van der Waals surface area contributed by atoms with Crippen LogP contribution in [-0.2, 0) is 9.59 Å². The van der Waals surface area contributed by atoms with E-state index in [1.807, 2.05) is 71.1 Å². The first-order chi connectivity index (χ1) is 16.3. The van der Waals surface area contributed by atoms with E-state index in [2.05, 4.69) is 20.4 Å². The maximum absolute atomic E-state index is 13.1. The summed E-state index contributed by atoms with van der Waals surface area (Å²) in [5.74, 6) is 0.0992. The van der Waals surface area contributed by atoms with E-state index >= 15 is 0 Å². The molecule has 1 aliphatic rings. The number of aryl methyl sites for hydroxylation is 4. The van der Waals surface area contributed by atoms with Gasteiger partial charge in [0.05, 0.1) is 12.6 Å². The molecule has 0 saturated carbocycles. The SMILES string of the molecule is Cc1cccc(C)c1NC(=O)CN(C)CCCN1CCCCC1C(=O)Nc1c(C)cccc1C. The van der Waals surface area contributed by atoms with Crippen LogP contribution in [0.2, 0.25) is 0 Å². The van der Waals surface area contributed by atoms with Crippen molar-refractivity contribution in [1.29, 1.82) is 0 Å². The van der Waals surface area contributed by atoms with Gasteiger partial charge in [-0.25, -0.2) is 0 Å². The Balaban J connectivity index is 1.48. The lowest BCUT2D eigenvalue weighted by molar-refractivity contribution is -0.122. The number of benzene rings is 2. The van der Waals surface area contributed by atoms with Gasteiger partial charge in [0.2, 0.25) is 11.8 Å². The zero-order chi connectivity index (χ0) is 24.7. The molecule has 3 rings (SSSR count). The minimum absolute atomic E-state index is 0.00345. The van der Waals surface area contributed by atoms with E-state index in [0.717, 1.165) is 78.9 Å². The predicted octanol–water partition coefficient (Wildman–Crippen LogP) is 4.67. The number of amides is 2. The van der Waals surface area contributed by atoms with Gasteiger partial charge >= 0.3 is 0 Å². The lowest BCUT2D eigenvalue weighted by Gasteiger charge is -2.35. The maximum atomic E-state index is 13.1. The summed E-state index contributed by atoms with van der Waals surface area (Å²) in [6, 6.07) is 12.0. The molecule has 184 valence electrons. The van der Waals surface area contributed by atoms with Crippen LogP contribution in [0.1, 0.15) is 47.9 Å². The molecule has 2 aromatic rings. The van der Waals surface area contributed by atoms with Crippen LogP contribution in [0.3, 0.4) is 0 Å². The van der Waals surface area contributed by atoms with Gasteiger partial charge in [0.1, 0.15) is 0 Å². The number of likely N-dealkylation sites (N-methyl/N-ethyl adjacent to an activating group) is 1. The van der Waals surface area contributed by atoms with Gasteiger partial charge in [0.25, 0.3) is 0 Å². The third kappa shape index (κ3) is 6.90. The number of likely N-dealkylation sites (tertiary alicyclic amines) is 1. The third-order valence-electron chi connectivity index (χ3n) is 6.79. The van der Waals surface area contributed by atoms with Crippen LogP contribution in [0.4, 0.5) is 11.4 Å². The van der Waals surface area contributed by atoms with Crippen LogP contribution < -0.4 is 10.6 Å². The van der Waals surface area contributed by atoms with Gasteiger partial charge in [-0.15, -0.1) is 0 Å². The second-order valence-corrected chi connectivity index (χ2v) is 9.71. The predicted molar refractivity (Wildman–Crippen MR) is 140 cm³/mol. The zero-order valence-electron chi connectivity index (χ0n) is 21.4. The number of rotatable bonds is 9. The summed E-state index contributed by atoms with van der Waals surface area (Å²) in [6.07, 6.45) is 4.02. The Kier molecular flexibility index (Phi) is 9.25. The van der Waals surface area contributed by atoms with Gasteiger partial charge < -0.3 is 10.6 Å². The van der Waals surface area contributed by atoms with Crippen LogP contribution in [0.5, 0.6) is 0 Å². The minimum Gasteiger partial charge on any atom is -0.324 e. The van der Waals surface area contributed by atoms with E-state index in [9.17, 15) is 9.59 Å². The molecular weight excluding hydrogens is 424 g/mol. The Morgan fingerprint density at radius 2 is 1.47 bits per heavy atom. The summed E-state index contributed by atoms with van der Waals surface area (Å²) in [5.41, 5.74) is 6.19. The fourth-order valence-corrected chi connectivity index (χ4v) is 4.83. The van der Waals surface area contributed by atoms with E-state index in [4.69, 9.17) is 0 Å². The molecular formula is C28H40N4O2. The summed E-state index contributed by atoms with van der Waals surface area (Å²) < 4.78 is 0. The molecule has 1 aliphatic heterocycles. The normalized spacial score (nSPS) is 16.5. The molecule has 0 aromatic heterocycles. The number of nitrogens with one attached hydrogen (secondary N) is 2. The number of hydrogen-bond donors (Lipinski definition) is 2. The van der Waals surface area contributed by atoms with Crippen LogP contribution in [-0.4, -0.2) is 60.9 Å². The summed E-state index contributed by atoms with van der Waals surface area (Å²) in [7, 11) is 1.98. The molecule has 1 atom stereocenters. The average Bonchev–Trinajstić information content (AvgIpc) is 2.79. The van der Waals surface area contributed by atoms with Gasteiger partial charge in [0.15, 0.2) is 0 Å². The molecule has 1 fully saturated rings. The fourth-order valence-electron chi connectivity index (χ4n) is 4.83. The summed E-state index contributed by atoms with van der Waals surface area (Å²) in [6.45, 7) is 11.1. The van der Waals surface area contributed by atoms with Crippen molar-refractivity contribution < 1.29 is 9.59 Å². The highest BCUT2D eigenvalue weighted by molar-refractivity contribution is 5.96. The largest absolute Gasteiger partial charge is 0.324 e. The number of para-hydroxylation sites is 2. The second kappa shape index (κ2) is 12.1. The molecule has 34 heavy (non-hydrogen) atoms. The van der Waals surface area contributed by atoms with Crippen LogP contribution in [0, 0.1) is 27.7 Å². The molecule has 2 amide bonds. The van der Waals surface area contributed by atoms with Crippen molar-refractivity contribution in [3.05, 3.63) is 58.7 Å². The smallest absolute Gasteiger partial charge is 0.241 e. The number of carbonyl (C=O) groups is 2. The average molecular weight is 465 g/mol. The third-order valence-corrected chi connectivity index (χ3v) is 6.79. The summed E-state index contributed by atoms with van der Waals surface area (Å²) in [5, 5.41) is 6.25. The maximum Gasteiger partial charge on any atom is 0.241 e. The molecule has 2 aromatic carbocycles. The molecule has 6 nitrogen and oxygen atoms in total. The molecule has 1 saturated heterocycles. The van der Waals surface area contributed by atoms with Crippen molar-refractivity contribution in [3.8, 4) is 0 Å². The standard InChI is InChI=1S/C28H40N4O2/c1-20-11-8-12-21(2)26(20)29-25(33)19-31(5)16-10-18-32-17-7-6-15-24(32)28(34)30-27-22(3)13-9-14-23(27)4/h8-9,11-14,24H,6-7,10,15-19H2,1-5H3,(H,29,33)(H,30,34). The lowest BCUT2D eigenvalue weighted by Crippen LogP contribution is -2.48. The monoisotopic (exact) mass is 464 g/mol. The Morgan fingerprint density at radius 1 is 0.912 bits per heavy atom. The molecule has 6 heteroatoms. The van der Waals surface area contributed by atoms with Crippen molar-refractivity contribution in [2.24, 2.45) is 0 Å². The van der Waals surface area contributed by atoms with Crippen molar-refractivity contribution in [2.45, 2.75) is 59.4 Å². The van der Waals surface area contributed by atoms with Crippen LogP contribution in [0.15, 0.2) is 36.4 Å². The zero-order valence-corrected chi connectivity index (χ0v) is 21.4. The van der Waals surface area contributed by atoms with Crippen molar-refractivity contribution in [3.63, 3.8) is 0 Å². The number of anilines is 2. The van der Waals surface area contributed by atoms with Crippen molar-refractivity contribution in [2.75, 3.05) is 43.9 Å². The highest BCUT2D eigenvalue weighted by atomic mass is 16.2. The van der Waals surface area contributed by atoms with Crippen LogP contribution >= 0.6 is 0 Å². The van der Waals surface area contributed by atoms with Gasteiger partial charge in [-0.3, -0.25) is 19.4 Å². The molecule has 0 aliphatic carbocycles. The summed E-state index contributed by atoms with van der Waals surface area (Å²) in [4.78, 5) is 30.1. The highest BCUT2D eigenvalue weighted by Gasteiger charge is 2.28. The van der Waals surface area contributed by atoms with Gasteiger partial charge in [-0.2, -0.15) is 0 Å². The first-order valence-electron chi connectivity index (χ1n) is 12.4. The Morgan fingerprint density at radius 3 is 2.06 bits per heavy atom. The molecule has 0 radical (unpaired) electrons. The van der Waals surface area contributed by atoms with E-state index in [1.54, 1.807) is 0 Å². The van der Waals surface area contributed by atoms with E-state index in [0.29, 0.717) is 6.54 Å². The van der Waals surface area contributed by atoms with Crippen molar-refractivity contribution >= 4 is 23.2 Å². The fraction of sp³-hybridized carbons (Fsp3) is 0.500. The quantitative estimate of drug-likeness (QED) is 0.566. The van der Waals surface area contributed by atoms with Crippen molar-refractivity contribution in [1.82, 2.24) is 9.80 Å². The number of hydrogen-bond acceptors (Lipinski definition) is 4. The van der Waals surface area contributed by atoms with Gasteiger partial charge in [-0.05, 0) is 89.3 Å². The number of piperidine rings is 1. The Hall–Kier alpha value is -2.70. The van der Waals surface area contributed by atoms with Gasteiger partial charge in [0, 0.05) is 17.9 Å². The Bertz CT molecular complexity index is 963. The van der Waals surface area contributed by atoms with Crippen LogP contribution in [0.25, 0.3) is 0 Å². The van der Waals surface area contributed by atoms with Gasteiger partial charge in [-0.1, -0.05) is 42.8 Å². The molecule has 0 spiro atoms. The molecule has 2 N–H and O–H groups in total. The van der Waals surface area contributed by atoms with E-state index in [-0.39, 0.29) is 17.9 Å². The number of nitrogens with zero attached hydrogens (tertiary/aromatic N) is 2. The topological polar surface area (TPSA) is 64.7 Å².